The van der Waals surface area contributed by atoms with E-state index >= 15 is 0 Å². The summed E-state index contributed by atoms with van der Waals surface area (Å²) in [4.78, 5) is 0.183. The van der Waals surface area contributed by atoms with Crippen molar-refractivity contribution in [2.24, 2.45) is 0 Å². The van der Waals surface area contributed by atoms with Gasteiger partial charge in [0, 0.05) is 4.47 Å². The Kier molecular flexibility index (Phi) is 4.92. The van der Waals surface area contributed by atoms with E-state index in [9.17, 15) is 0 Å². The Balaban J connectivity index is 2.42. The minimum Gasteiger partial charge on any atom is -0.496 e. The van der Waals surface area contributed by atoms with Gasteiger partial charge in [0.2, 0.25) is 0 Å². The molecule has 1 unspecified atom stereocenters. The van der Waals surface area contributed by atoms with Gasteiger partial charge in [-0.3, -0.25) is 0 Å². The number of rotatable bonds is 3. The fourth-order valence-corrected chi connectivity index (χ4v) is 3.36. The summed E-state index contributed by atoms with van der Waals surface area (Å²) in [7, 11) is 1.72. The van der Waals surface area contributed by atoms with E-state index < -0.39 is 0 Å². The van der Waals surface area contributed by atoms with Crippen molar-refractivity contribution in [3.8, 4) is 5.75 Å². The number of hydrogen-bond donors (Lipinski definition) is 0. The molecule has 0 saturated heterocycles. The molecule has 0 spiro atoms. The van der Waals surface area contributed by atoms with Crippen molar-refractivity contribution in [3.63, 3.8) is 0 Å². The lowest BCUT2D eigenvalue weighted by atomic mass is 9.99. The third-order valence-corrected chi connectivity index (χ3v) is 5.38. The van der Waals surface area contributed by atoms with Gasteiger partial charge in [0.15, 0.2) is 0 Å². The van der Waals surface area contributed by atoms with Crippen LogP contribution >= 0.6 is 31.9 Å². The van der Waals surface area contributed by atoms with E-state index in [0.717, 1.165) is 21.3 Å². The third-order valence-electron chi connectivity index (χ3n) is 3.47. The maximum Gasteiger partial charge on any atom is 0.124 e. The molecule has 0 radical (unpaired) electrons. The highest BCUT2D eigenvalue weighted by molar-refractivity contribution is 9.10. The second kappa shape index (κ2) is 6.31. The first kappa shape index (κ1) is 15.6. The molecule has 0 amide bonds. The maximum atomic E-state index is 5.43. The fourth-order valence-electron chi connectivity index (χ4n) is 2.41. The van der Waals surface area contributed by atoms with Crippen LogP contribution < -0.4 is 4.74 Å². The molecule has 0 aliphatic heterocycles. The molecule has 0 saturated carbocycles. The minimum atomic E-state index is 0.183. The van der Waals surface area contributed by atoms with Crippen LogP contribution in [-0.2, 0) is 0 Å². The van der Waals surface area contributed by atoms with Gasteiger partial charge in [-0.25, -0.2) is 0 Å². The zero-order valence-electron chi connectivity index (χ0n) is 12.1. The number of aryl methyl sites for hydroxylation is 3. The average molecular weight is 398 g/mol. The second-order valence-electron chi connectivity index (χ2n) is 5.06. The summed E-state index contributed by atoms with van der Waals surface area (Å²) >= 11 is 7.40. The Morgan fingerprint density at radius 2 is 1.50 bits per heavy atom. The molecule has 20 heavy (non-hydrogen) atoms. The number of ether oxygens (including phenoxy) is 1. The first-order chi connectivity index (χ1) is 9.43. The average Bonchev–Trinajstić information content (AvgIpc) is 2.40. The van der Waals surface area contributed by atoms with Crippen molar-refractivity contribution < 1.29 is 4.74 Å². The molecule has 3 heteroatoms. The number of hydrogen-bond acceptors (Lipinski definition) is 1. The monoisotopic (exact) mass is 396 g/mol. The van der Waals surface area contributed by atoms with Crippen LogP contribution in [0.25, 0.3) is 0 Å². The lowest BCUT2D eigenvalue weighted by Crippen LogP contribution is -1.98. The number of halogens is 2. The van der Waals surface area contributed by atoms with Crippen molar-refractivity contribution in [2.45, 2.75) is 25.6 Å². The normalized spacial score (nSPS) is 12.3. The highest BCUT2D eigenvalue weighted by atomic mass is 79.9. The molecule has 2 aromatic rings. The van der Waals surface area contributed by atoms with Crippen LogP contribution in [0.3, 0.4) is 0 Å². The summed E-state index contributed by atoms with van der Waals surface area (Å²) in [5.41, 5.74) is 6.06. The van der Waals surface area contributed by atoms with Crippen molar-refractivity contribution in [1.82, 2.24) is 0 Å². The summed E-state index contributed by atoms with van der Waals surface area (Å²) in [6, 6.07) is 10.8. The van der Waals surface area contributed by atoms with Crippen molar-refractivity contribution in [3.05, 3.63) is 62.6 Å². The van der Waals surface area contributed by atoms with Gasteiger partial charge in [-0.05, 0) is 54.7 Å². The minimum absolute atomic E-state index is 0.183. The number of benzene rings is 2. The van der Waals surface area contributed by atoms with Crippen molar-refractivity contribution in [1.29, 1.82) is 0 Å². The zero-order valence-corrected chi connectivity index (χ0v) is 15.3. The molecule has 1 atom stereocenters. The van der Waals surface area contributed by atoms with Gasteiger partial charge in [-0.15, -0.1) is 0 Å². The van der Waals surface area contributed by atoms with E-state index in [0.29, 0.717) is 0 Å². The van der Waals surface area contributed by atoms with Gasteiger partial charge >= 0.3 is 0 Å². The van der Waals surface area contributed by atoms with E-state index in [2.05, 4.69) is 83.0 Å². The van der Waals surface area contributed by atoms with Crippen LogP contribution in [0.15, 0.2) is 34.8 Å². The SMILES string of the molecule is COc1c(C)cc(C(Br)c2ccc(C)c(Br)c2)cc1C. The Morgan fingerprint density at radius 3 is 2.00 bits per heavy atom. The molecular formula is C17H18Br2O. The van der Waals surface area contributed by atoms with Crippen LogP contribution in [0.2, 0.25) is 0 Å². The maximum absolute atomic E-state index is 5.43. The quantitative estimate of drug-likeness (QED) is 0.588. The standard InChI is InChI=1S/C17H18Br2O/c1-10-5-6-13(9-15(10)18)16(19)14-7-11(2)17(20-4)12(3)8-14/h5-9,16H,1-4H3. The molecule has 2 rings (SSSR count). The van der Waals surface area contributed by atoms with E-state index in [-0.39, 0.29) is 4.83 Å². The molecule has 0 aliphatic carbocycles. The van der Waals surface area contributed by atoms with Crippen LogP contribution in [0.1, 0.15) is 32.6 Å². The molecule has 0 heterocycles. The van der Waals surface area contributed by atoms with Gasteiger partial charge in [0.25, 0.3) is 0 Å². The molecule has 106 valence electrons. The zero-order chi connectivity index (χ0) is 14.9. The van der Waals surface area contributed by atoms with Gasteiger partial charge < -0.3 is 4.74 Å². The summed E-state index contributed by atoms with van der Waals surface area (Å²) in [6.45, 7) is 6.26. The topological polar surface area (TPSA) is 9.23 Å². The van der Waals surface area contributed by atoms with Gasteiger partial charge in [-0.2, -0.15) is 0 Å². The van der Waals surface area contributed by atoms with Gasteiger partial charge in [-0.1, -0.05) is 56.1 Å². The first-order valence-corrected chi connectivity index (χ1v) is 8.20. The second-order valence-corrected chi connectivity index (χ2v) is 6.83. The number of alkyl halides is 1. The largest absolute Gasteiger partial charge is 0.496 e. The van der Waals surface area contributed by atoms with E-state index in [4.69, 9.17) is 4.74 Å². The van der Waals surface area contributed by atoms with Crippen molar-refractivity contribution >= 4 is 31.9 Å². The molecular weight excluding hydrogens is 380 g/mol. The smallest absolute Gasteiger partial charge is 0.124 e. The van der Waals surface area contributed by atoms with E-state index in [1.807, 2.05) is 0 Å². The highest BCUT2D eigenvalue weighted by Gasteiger charge is 2.14. The Labute approximate surface area is 137 Å². The lowest BCUT2D eigenvalue weighted by molar-refractivity contribution is 0.408. The van der Waals surface area contributed by atoms with Crippen LogP contribution in [0, 0.1) is 20.8 Å². The van der Waals surface area contributed by atoms with Crippen molar-refractivity contribution in [2.75, 3.05) is 7.11 Å². The highest BCUT2D eigenvalue weighted by Crippen LogP contribution is 2.36. The molecule has 2 aromatic carbocycles. The predicted molar refractivity (Wildman–Crippen MR) is 92.1 cm³/mol. The molecule has 1 nitrogen and oxygen atoms in total. The summed E-state index contributed by atoms with van der Waals surface area (Å²) < 4.78 is 6.57. The summed E-state index contributed by atoms with van der Waals surface area (Å²) in [5, 5.41) is 0. The first-order valence-electron chi connectivity index (χ1n) is 6.49. The molecule has 0 aromatic heterocycles. The lowest BCUT2D eigenvalue weighted by Gasteiger charge is -2.16. The predicted octanol–water partition coefficient (Wildman–Crippen LogP) is 5.87. The summed E-state index contributed by atoms with van der Waals surface area (Å²) in [5.74, 6) is 0.971. The fraction of sp³-hybridized carbons (Fsp3) is 0.294. The number of methoxy groups -OCH3 is 1. The Hall–Kier alpha value is -0.800. The molecule has 0 aliphatic rings. The van der Waals surface area contributed by atoms with E-state index in [1.165, 1.54) is 16.7 Å². The van der Waals surface area contributed by atoms with Crippen LogP contribution in [-0.4, -0.2) is 7.11 Å². The van der Waals surface area contributed by atoms with Crippen LogP contribution in [0.5, 0.6) is 5.75 Å². The van der Waals surface area contributed by atoms with Gasteiger partial charge in [0.1, 0.15) is 5.75 Å². The molecule has 0 fully saturated rings. The molecule has 0 bridgehead atoms. The van der Waals surface area contributed by atoms with Gasteiger partial charge in [0.05, 0.1) is 11.9 Å². The summed E-state index contributed by atoms with van der Waals surface area (Å²) in [6.07, 6.45) is 0. The Bertz CT molecular complexity index is 612. The third kappa shape index (κ3) is 3.09. The van der Waals surface area contributed by atoms with Crippen LogP contribution in [0.4, 0.5) is 0 Å². The Morgan fingerprint density at radius 1 is 0.900 bits per heavy atom. The van der Waals surface area contributed by atoms with E-state index in [1.54, 1.807) is 7.11 Å². The molecule has 0 N–H and O–H groups in total.